The molecule has 19 heteroatoms. The first-order valence-corrected chi connectivity index (χ1v) is 19.6. The molecule has 0 saturated carbocycles. The molecular weight excluding hydrogens is 752 g/mol. The van der Waals surface area contributed by atoms with E-state index in [-0.39, 0.29) is 59.9 Å². The number of benzene rings is 2. The van der Waals surface area contributed by atoms with Crippen LogP contribution in [0.15, 0.2) is 36.4 Å². The number of carbonyl (C=O) groups is 6. The Morgan fingerprint density at radius 3 is 2.26 bits per heavy atom. The summed E-state index contributed by atoms with van der Waals surface area (Å²) in [5.41, 5.74) is 23.5. The van der Waals surface area contributed by atoms with Crippen molar-refractivity contribution < 1.29 is 44.1 Å². The van der Waals surface area contributed by atoms with Crippen LogP contribution in [0.3, 0.4) is 0 Å². The quantitative estimate of drug-likeness (QED) is 0.0591. The van der Waals surface area contributed by atoms with Gasteiger partial charge in [0, 0.05) is 37.6 Å². The van der Waals surface area contributed by atoms with Crippen LogP contribution in [0.2, 0.25) is 0 Å². The summed E-state index contributed by atoms with van der Waals surface area (Å²) in [7, 11) is 1.34. The molecule has 2 aromatic carbocycles. The molecule has 3 rings (SSSR count). The Bertz CT molecular complexity index is 1750. The summed E-state index contributed by atoms with van der Waals surface area (Å²) in [6.07, 6.45) is 1.24. The molecule has 1 unspecified atom stereocenters. The molecule has 16 N–H and O–H groups in total. The standard InChI is InChI=1S/C39H60N10O9/c1-3-4-5-6-7-11-30(52)44-18-16-31(53)45-26(10-8-9-17-40)39(58)49(2)32-23-13-15-29(51)25(21-23)24-19-22(12-14-28(24)50)20-27(36(55)47-33(41)35(43)54)46-38(57)34(42)48-37(32)56/h12-15,19,21,26-27,32-34,38,46,50-51,57H,3-11,16-18,20,40-42H2,1-2H3,(H2,43,54)(H,44,52)(H,45,53)(H,47,55)(H,48,56)/t26-,27-,32-,33+,34+,38?/m0/s1. The van der Waals surface area contributed by atoms with Gasteiger partial charge in [0.25, 0.3) is 5.91 Å². The van der Waals surface area contributed by atoms with Crippen LogP contribution in [-0.2, 0) is 35.2 Å². The molecule has 0 spiro atoms. The Kier molecular flexibility index (Phi) is 18.8. The lowest BCUT2D eigenvalue weighted by Crippen LogP contribution is -2.63. The summed E-state index contributed by atoms with van der Waals surface area (Å²) >= 11 is 0. The molecule has 0 aliphatic carbocycles. The lowest BCUT2D eigenvalue weighted by atomic mass is 9.93. The minimum absolute atomic E-state index is 0.0588. The van der Waals surface area contributed by atoms with Crippen LogP contribution in [0.1, 0.15) is 88.3 Å². The lowest BCUT2D eigenvalue weighted by molar-refractivity contribution is -0.142. The topological polar surface area (TPSA) is 331 Å². The van der Waals surface area contributed by atoms with Gasteiger partial charge in [-0.1, -0.05) is 44.7 Å². The summed E-state index contributed by atoms with van der Waals surface area (Å²) in [6.45, 7) is 2.50. The molecule has 6 amide bonds. The molecule has 1 aliphatic heterocycles. The van der Waals surface area contributed by atoms with Gasteiger partial charge in [0.1, 0.15) is 36.0 Å². The Labute approximate surface area is 338 Å². The zero-order valence-corrected chi connectivity index (χ0v) is 33.2. The lowest BCUT2D eigenvalue weighted by Gasteiger charge is -2.33. The number of unbranched alkanes of at least 4 members (excludes halogenated alkanes) is 5. The summed E-state index contributed by atoms with van der Waals surface area (Å²) in [5, 5.41) is 45.8. The van der Waals surface area contributed by atoms with E-state index < -0.39 is 66.2 Å². The highest BCUT2D eigenvalue weighted by atomic mass is 16.3. The number of aromatic hydroxyl groups is 2. The van der Waals surface area contributed by atoms with Gasteiger partial charge in [-0.25, -0.2) is 0 Å². The molecule has 0 aromatic heterocycles. The molecule has 1 heterocycles. The number of amides is 6. The number of aliphatic hydroxyl groups is 1. The number of phenols is 2. The number of rotatable bonds is 19. The van der Waals surface area contributed by atoms with Gasteiger partial charge in [-0.15, -0.1) is 0 Å². The molecular formula is C39H60N10O9. The Morgan fingerprint density at radius 2 is 1.59 bits per heavy atom. The maximum atomic E-state index is 14.3. The average molecular weight is 813 g/mol. The first-order valence-electron chi connectivity index (χ1n) is 19.6. The molecule has 2 aromatic rings. The minimum Gasteiger partial charge on any atom is -0.507 e. The Hall–Kier alpha value is -5.34. The van der Waals surface area contributed by atoms with E-state index in [1.807, 2.05) is 0 Å². The number of hydrogen-bond donors (Lipinski definition) is 12. The molecule has 1 aliphatic rings. The maximum absolute atomic E-state index is 14.3. The number of fused-ring (bicyclic) bond motifs is 5. The second kappa shape index (κ2) is 23.2. The number of nitrogens with one attached hydrogen (secondary N) is 5. The monoisotopic (exact) mass is 812 g/mol. The summed E-state index contributed by atoms with van der Waals surface area (Å²) < 4.78 is 0. The van der Waals surface area contributed by atoms with E-state index in [0.29, 0.717) is 31.4 Å². The molecule has 0 radical (unpaired) electrons. The molecule has 0 fully saturated rings. The van der Waals surface area contributed by atoms with Crippen LogP contribution >= 0.6 is 0 Å². The normalized spacial score (nSPS) is 19.1. The van der Waals surface area contributed by atoms with Crippen molar-refractivity contribution in [3.05, 3.63) is 47.5 Å². The zero-order valence-electron chi connectivity index (χ0n) is 33.2. The molecule has 58 heavy (non-hydrogen) atoms. The van der Waals surface area contributed by atoms with E-state index in [4.69, 9.17) is 22.9 Å². The van der Waals surface area contributed by atoms with Gasteiger partial charge in [-0.05, 0) is 74.0 Å². The fourth-order valence-electron chi connectivity index (χ4n) is 6.52. The number of nitrogens with zero attached hydrogens (tertiary/aromatic N) is 1. The van der Waals surface area contributed by atoms with Crippen LogP contribution < -0.4 is 49.5 Å². The number of nitrogens with two attached hydrogens (primary N) is 4. The third-order valence-corrected chi connectivity index (χ3v) is 9.81. The van der Waals surface area contributed by atoms with Gasteiger partial charge < -0.3 is 64.4 Å². The number of aliphatic hydroxyl groups excluding tert-OH is 1. The van der Waals surface area contributed by atoms with Crippen LogP contribution in [0.5, 0.6) is 11.5 Å². The largest absolute Gasteiger partial charge is 0.507 e. The van der Waals surface area contributed by atoms with E-state index in [2.05, 4.69) is 33.5 Å². The van der Waals surface area contributed by atoms with Gasteiger partial charge in [-0.3, -0.25) is 34.1 Å². The second-order valence-corrected chi connectivity index (χ2v) is 14.4. The van der Waals surface area contributed by atoms with Crippen molar-refractivity contribution in [3.8, 4) is 22.6 Å². The third kappa shape index (κ3) is 13.9. The minimum atomic E-state index is -1.79. The van der Waals surface area contributed by atoms with Gasteiger partial charge >= 0.3 is 0 Å². The van der Waals surface area contributed by atoms with Crippen molar-refractivity contribution in [1.29, 1.82) is 0 Å². The number of carbonyl (C=O) groups excluding carboxylic acids is 6. The van der Waals surface area contributed by atoms with Gasteiger partial charge in [0.05, 0.1) is 6.04 Å². The van der Waals surface area contributed by atoms with E-state index >= 15 is 0 Å². The van der Waals surface area contributed by atoms with E-state index in [9.17, 15) is 44.1 Å². The van der Waals surface area contributed by atoms with Crippen LogP contribution in [0.4, 0.5) is 0 Å². The predicted molar refractivity (Wildman–Crippen MR) is 215 cm³/mol. The Balaban J connectivity index is 1.95. The van der Waals surface area contributed by atoms with Crippen molar-refractivity contribution in [2.75, 3.05) is 20.1 Å². The number of likely N-dealkylation sites (N-methyl/N-ethyl adjacent to an activating group) is 1. The van der Waals surface area contributed by atoms with Gasteiger partial charge in [-0.2, -0.15) is 0 Å². The van der Waals surface area contributed by atoms with E-state index in [1.165, 1.54) is 43.4 Å². The summed E-state index contributed by atoms with van der Waals surface area (Å²) in [5.74, 6) is -4.69. The van der Waals surface area contributed by atoms with Crippen molar-refractivity contribution in [2.45, 2.75) is 114 Å². The van der Waals surface area contributed by atoms with Crippen molar-refractivity contribution in [3.63, 3.8) is 0 Å². The highest BCUT2D eigenvalue weighted by Crippen LogP contribution is 2.39. The predicted octanol–water partition coefficient (Wildman–Crippen LogP) is -1.14. The second-order valence-electron chi connectivity index (χ2n) is 14.4. The van der Waals surface area contributed by atoms with Crippen molar-refractivity contribution >= 4 is 35.4 Å². The van der Waals surface area contributed by atoms with Gasteiger partial charge in [0.15, 0.2) is 6.17 Å². The average Bonchev–Trinajstić information content (AvgIpc) is 3.17. The van der Waals surface area contributed by atoms with Crippen molar-refractivity contribution in [1.82, 2.24) is 31.5 Å². The fourth-order valence-corrected chi connectivity index (χ4v) is 6.52. The van der Waals surface area contributed by atoms with Crippen LogP contribution in [-0.4, -0.2) is 106 Å². The van der Waals surface area contributed by atoms with Gasteiger partial charge in [0.2, 0.25) is 29.5 Å². The molecule has 19 nitrogen and oxygen atoms in total. The Morgan fingerprint density at radius 1 is 0.914 bits per heavy atom. The third-order valence-electron chi connectivity index (χ3n) is 9.81. The van der Waals surface area contributed by atoms with E-state index in [0.717, 1.165) is 37.0 Å². The molecule has 6 atom stereocenters. The first kappa shape index (κ1) is 47.0. The highest BCUT2D eigenvalue weighted by molar-refractivity contribution is 5.93. The summed E-state index contributed by atoms with van der Waals surface area (Å²) in [4.78, 5) is 79.8. The molecule has 4 bridgehead atoms. The van der Waals surface area contributed by atoms with Crippen LogP contribution in [0.25, 0.3) is 11.1 Å². The summed E-state index contributed by atoms with van der Waals surface area (Å²) in [6, 6.07) is 4.43. The fraction of sp³-hybridized carbons (Fsp3) is 0.538. The van der Waals surface area contributed by atoms with E-state index in [1.54, 1.807) is 0 Å². The zero-order chi connectivity index (χ0) is 42.9. The first-order chi connectivity index (χ1) is 27.6. The number of hydrogen-bond acceptors (Lipinski definition) is 13. The number of phenolic OH excluding ortho intramolecular Hbond substituents is 2. The van der Waals surface area contributed by atoms with Crippen molar-refractivity contribution in [2.24, 2.45) is 22.9 Å². The molecule has 320 valence electrons. The maximum Gasteiger partial charge on any atom is 0.254 e. The van der Waals surface area contributed by atoms with Crippen LogP contribution in [0, 0.1) is 0 Å². The molecule has 0 saturated heterocycles. The SMILES string of the molecule is CCCCCCCC(=O)NCCC(=O)N[C@@H](CCCCN)C(=O)N(C)[C@@H]1C(=O)N[C@@H](N)C(O)N[C@H](C(=O)N[C@@H](N)C(N)=O)Cc2ccc(O)c(c2)-c2cc1ccc2O. The number of primary amides is 1. The smallest absolute Gasteiger partial charge is 0.254 e. The highest BCUT2D eigenvalue weighted by Gasteiger charge is 2.36.